The van der Waals surface area contributed by atoms with E-state index in [9.17, 15) is 9.18 Å². The van der Waals surface area contributed by atoms with Crippen LogP contribution in [-0.4, -0.2) is 9.55 Å². The van der Waals surface area contributed by atoms with Crippen molar-refractivity contribution in [2.45, 2.75) is 0 Å². The molecule has 0 amide bonds. The lowest BCUT2D eigenvalue weighted by Gasteiger charge is -2.09. The van der Waals surface area contributed by atoms with Gasteiger partial charge in [0.2, 0.25) is 0 Å². The third-order valence-corrected chi connectivity index (χ3v) is 2.34. The van der Waals surface area contributed by atoms with Crippen molar-refractivity contribution in [1.29, 1.82) is 0 Å². The van der Waals surface area contributed by atoms with Gasteiger partial charge in [0.25, 0.3) is 5.56 Å². The fraction of sp³-hybridized carbons (Fsp3) is 0. The van der Waals surface area contributed by atoms with Gasteiger partial charge in [0, 0.05) is 11.8 Å². The van der Waals surface area contributed by atoms with Crippen molar-refractivity contribution in [2.75, 3.05) is 5.73 Å². The average Bonchev–Trinajstić information content (AvgIpc) is 2.19. The van der Waals surface area contributed by atoms with E-state index in [4.69, 9.17) is 18.0 Å². The number of H-pyrrole nitrogens is 1. The van der Waals surface area contributed by atoms with Crippen LogP contribution < -0.4 is 11.3 Å². The van der Waals surface area contributed by atoms with E-state index in [1.807, 2.05) is 0 Å². The molecule has 0 unspecified atom stereocenters. The second kappa shape index (κ2) is 3.90. The molecule has 0 bridgehead atoms. The van der Waals surface area contributed by atoms with Crippen LogP contribution in [-0.2, 0) is 0 Å². The van der Waals surface area contributed by atoms with Gasteiger partial charge in [-0.1, -0.05) is 0 Å². The molecule has 3 N–H and O–H groups in total. The summed E-state index contributed by atoms with van der Waals surface area (Å²) >= 11 is 4.98. The summed E-state index contributed by atoms with van der Waals surface area (Å²) in [7, 11) is 0. The molecule has 6 heteroatoms. The molecule has 0 aliphatic carbocycles. The predicted octanol–water partition coefficient (Wildman–Crippen LogP) is 1.62. The van der Waals surface area contributed by atoms with Crippen molar-refractivity contribution < 1.29 is 4.39 Å². The molecule has 82 valence electrons. The minimum Gasteiger partial charge on any atom is -0.385 e. The molecule has 2 rings (SSSR count). The molecule has 16 heavy (non-hydrogen) atoms. The molecule has 1 aromatic carbocycles. The smallest absolute Gasteiger partial charge is 0.253 e. The number of hydrogen-bond donors (Lipinski definition) is 2. The van der Waals surface area contributed by atoms with Gasteiger partial charge in [-0.3, -0.25) is 14.3 Å². The first kappa shape index (κ1) is 10.6. The molecule has 1 heterocycles. The van der Waals surface area contributed by atoms with E-state index in [0.29, 0.717) is 5.69 Å². The number of aromatic nitrogens is 2. The van der Waals surface area contributed by atoms with Gasteiger partial charge in [0.05, 0.1) is 0 Å². The zero-order chi connectivity index (χ0) is 11.7. The summed E-state index contributed by atoms with van der Waals surface area (Å²) in [5, 5.41) is 0. The molecule has 0 saturated carbocycles. The molecule has 2 aromatic rings. The fourth-order valence-corrected chi connectivity index (χ4v) is 1.68. The molecule has 0 aliphatic heterocycles. The summed E-state index contributed by atoms with van der Waals surface area (Å²) in [5.41, 5.74) is 5.91. The van der Waals surface area contributed by atoms with Gasteiger partial charge in [-0.2, -0.15) is 0 Å². The number of rotatable bonds is 1. The van der Waals surface area contributed by atoms with Gasteiger partial charge in [-0.25, -0.2) is 4.39 Å². The van der Waals surface area contributed by atoms with Crippen molar-refractivity contribution in [1.82, 2.24) is 9.55 Å². The van der Waals surface area contributed by atoms with E-state index in [1.165, 1.54) is 34.9 Å². The number of aromatic amines is 1. The fourth-order valence-electron chi connectivity index (χ4n) is 1.37. The lowest BCUT2D eigenvalue weighted by atomic mass is 10.3. The molecule has 1 aromatic heterocycles. The summed E-state index contributed by atoms with van der Waals surface area (Å²) in [6.45, 7) is 0. The maximum Gasteiger partial charge on any atom is 0.253 e. The first-order valence-corrected chi connectivity index (χ1v) is 4.86. The SMILES string of the molecule is Nc1cc(=O)[nH]c(=S)n1-c1ccc(F)cc1. The summed E-state index contributed by atoms with van der Waals surface area (Å²) in [6, 6.07) is 6.86. The zero-order valence-corrected chi connectivity index (χ0v) is 8.92. The summed E-state index contributed by atoms with van der Waals surface area (Å²) in [4.78, 5) is 13.5. The maximum atomic E-state index is 12.7. The minimum absolute atomic E-state index is 0.177. The summed E-state index contributed by atoms with van der Waals surface area (Å²) in [5.74, 6) is -0.140. The van der Waals surface area contributed by atoms with Gasteiger partial charge in [-0.05, 0) is 36.5 Å². The predicted molar refractivity (Wildman–Crippen MR) is 61.6 cm³/mol. The van der Waals surface area contributed by atoms with Gasteiger partial charge in [-0.15, -0.1) is 0 Å². The molecular weight excluding hydrogens is 229 g/mol. The number of anilines is 1. The van der Waals surface area contributed by atoms with Crippen LogP contribution in [0.4, 0.5) is 10.2 Å². The van der Waals surface area contributed by atoms with Gasteiger partial charge in [0.1, 0.15) is 11.6 Å². The molecule has 0 fully saturated rings. The van der Waals surface area contributed by atoms with Crippen molar-refractivity contribution >= 4 is 18.0 Å². The van der Waals surface area contributed by atoms with Crippen molar-refractivity contribution in [3.05, 3.63) is 51.3 Å². The highest BCUT2D eigenvalue weighted by Crippen LogP contribution is 2.12. The van der Waals surface area contributed by atoms with Crippen LogP contribution >= 0.6 is 12.2 Å². The lowest BCUT2D eigenvalue weighted by molar-refractivity contribution is 0.627. The maximum absolute atomic E-state index is 12.7. The van der Waals surface area contributed by atoms with Crippen LogP contribution in [0.15, 0.2) is 35.1 Å². The van der Waals surface area contributed by atoms with E-state index < -0.39 is 0 Å². The Kier molecular flexibility index (Phi) is 2.57. The highest BCUT2D eigenvalue weighted by Gasteiger charge is 2.02. The molecule has 0 spiro atoms. The van der Waals surface area contributed by atoms with E-state index in [1.54, 1.807) is 0 Å². The quantitative estimate of drug-likeness (QED) is 0.741. The van der Waals surface area contributed by atoms with Crippen LogP contribution in [0.25, 0.3) is 5.69 Å². The Balaban J connectivity index is 2.69. The monoisotopic (exact) mass is 237 g/mol. The molecule has 0 saturated heterocycles. The van der Waals surface area contributed by atoms with Crippen molar-refractivity contribution in [3.8, 4) is 5.69 Å². The second-order valence-corrected chi connectivity index (χ2v) is 3.56. The minimum atomic E-state index is -0.360. The lowest BCUT2D eigenvalue weighted by Crippen LogP contribution is -2.14. The third kappa shape index (κ3) is 1.87. The van der Waals surface area contributed by atoms with Gasteiger partial charge >= 0.3 is 0 Å². The number of benzene rings is 1. The molecule has 0 radical (unpaired) electrons. The first-order chi connectivity index (χ1) is 7.58. The summed E-state index contributed by atoms with van der Waals surface area (Å²) in [6.07, 6.45) is 0. The third-order valence-electron chi connectivity index (χ3n) is 2.06. The zero-order valence-electron chi connectivity index (χ0n) is 8.11. The van der Waals surface area contributed by atoms with Crippen molar-refractivity contribution in [3.63, 3.8) is 0 Å². The Morgan fingerprint density at radius 3 is 2.50 bits per heavy atom. The van der Waals surface area contributed by atoms with Gasteiger partial charge < -0.3 is 5.73 Å². The van der Waals surface area contributed by atoms with E-state index in [0.717, 1.165) is 0 Å². The molecule has 0 aliphatic rings. The number of halogens is 1. The van der Waals surface area contributed by atoms with Gasteiger partial charge in [0.15, 0.2) is 4.77 Å². The number of nitrogens with zero attached hydrogens (tertiary/aromatic N) is 1. The topological polar surface area (TPSA) is 63.8 Å². The Labute approximate surface area is 95.2 Å². The number of hydrogen-bond acceptors (Lipinski definition) is 3. The first-order valence-electron chi connectivity index (χ1n) is 4.46. The van der Waals surface area contributed by atoms with Crippen LogP contribution in [0.1, 0.15) is 0 Å². The van der Waals surface area contributed by atoms with E-state index in [2.05, 4.69) is 4.98 Å². The Morgan fingerprint density at radius 1 is 1.31 bits per heavy atom. The molecule has 4 nitrogen and oxygen atoms in total. The normalized spacial score (nSPS) is 10.3. The van der Waals surface area contributed by atoms with E-state index in [-0.39, 0.29) is 22.0 Å². The van der Waals surface area contributed by atoms with Crippen LogP contribution in [0, 0.1) is 10.6 Å². The number of nitrogen functional groups attached to an aromatic ring is 1. The Bertz CT molecular complexity index is 630. The Morgan fingerprint density at radius 2 is 1.94 bits per heavy atom. The number of nitrogens with two attached hydrogens (primary N) is 1. The average molecular weight is 237 g/mol. The Hall–Kier alpha value is -1.95. The standard InChI is InChI=1S/C10H8FN3OS/c11-6-1-3-7(4-2-6)14-8(12)5-9(15)13-10(14)16/h1-5H,12H2,(H,13,15,16). The highest BCUT2D eigenvalue weighted by atomic mass is 32.1. The van der Waals surface area contributed by atoms with Crippen molar-refractivity contribution in [2.24, 2.45) is 0 Å². The highest BCUT2D eigenvalue weighted by molar-refractivity contribution is 7.71. The van der Waals surface area contributed by atoms with Crippen LogP contribution in [0.3, 0.4) is 0 Å². The van der Waals surface area contributed by atoms with Crippen LogP contribution in [0.2, 0.25) is 0 Å². The molecular formula is C10H8FN3OS. The molecule has 0 atom stereocenters. The number of nitrogens with one attached hydrogen (secondary N) is 1. The van der Waals surface area contributed by atoms with E-state index >= 15 is 0 Å². The summed E-state index contributed by atoms with van der Waals surface area (Å²) < 4.78 is 14.4. The second-order valence-electron chi connectivity index (χ2n) is 3.18. The van der Waals surface area contributed by atoms with Crippen LogP contribution in [0.5, 0.6) is 0 Å². The largest absolute Gasteiger partial charge is 0.385 e.